The van der Waals surface area contributed by atoms with Gasteiger partial charge in [-0.05, 0) is 57.0 Å². The summed E-state index contributed by atoms with van der Waals surface area (Å²) in [6.07, 6.45) is 1.55. The number of nitrogens with zero attached hydrogens (tertiary/aromatic N) is 1. The van der Waals surface area contributed by atoms with Gasteiger partial charge in [0.15, 0.2) is 0 Å². The summed E-state index contributed by atoms with van der Waals surface area (Å²) >= 11 is 6.24. The molecule has 26 heavy (non-hydrogen) atoms. The second kappa shape index (κ2) is 7.34. The van der Waals surface area contributed by atoms with E-state index < -0.39 is 5.97 Å². The molecule has 2 aromatic carbocycles. The molecule has 0 fully saturated rings. The highest BCUT2D eigenvalue weighted by Crippen LogP contribution is 2.34. The minimum atomic E-state index is -0.401. The van der Waals surface area contributed by atoms with Crippen LogP contribution >= 0.6 is 11.6 Å². The van der Waals surface area contributed by atoms with Crippen LogP contribution in [0.2, 0.25) is 5.02 Å². The summed E-state index contributed by atoms with van der Waals surface area (Å²) in [6, 6.07) is 9.84. The standard InChI is InChI=1S/C21H21ClN2O2/c1-5-26-21(25)16-11-23-19-14(4)17(22)8-7-15(19)20(16)24-18-9-6-12(2)10-13(18)3/h6-11H,5H2,1-4H3,(H,23,24). The van der Waals surface area contributed by atoms with Crippen LogP contribution in [0.3, 0.4) is 0 Å². The molecule has 1 aromatic heterocycles. The molecule has 0 spiro atoms. The van der Waals surface area contributed by atoms with Gasteiger partial charge in [0, 0.05) is 22.3 Å². The minimum Gasteiger partial charge on any atom is -0.462 e. The summed E-state index contributed by atoms with van der Waals surface area (Å²) in [7, 11) is 0. The summed E-state index contributed by atoms with van der Waals surface area (Å²) in [6.45, 7) is 8.09. The number of hydrogen-bond acceptors (Lipinski definition) is 4. The van der Waals surface area contributed by atoms with E-state index in [1.165, 1.54) is 5.56 Å². The number of benzene rings is 2. The van der Waals surface area contributed by atoms with Crippen molar-refractivity contribution in [3.63, 3.8) is 0 Å². The second-order valence-corrected chi connectivity index (χ2v) is 6.69. The van der Waals surface area contributed by atoms with E-state index in [0.717, 1.165) is 27.7 Å². The predicted octanol–water partition coefficient (Wildman–Crippen LogP) is 5.73. The molecule has 1 heterocycles. The van der Waals surface area contributed by atoms with Gasteiger partial charge in [0.25, 0.3) is 0 Å². The van der Waals surface area contributed by atoms with Crippen LogP contribution in [0.5, 0.6) is 0 Å². The van der Waals surface area contributed by atoms with Crippen molar-refractivity contribution in [2.75, 3.05) is 11.9 Å². The van der Waals surface area contributed by atoms with Crippen molar-refractivity contribution in [1.82, 2.24) is 4.98 Å². The smallest absolute Gasteiger partial charge is 0.341 e. The van der Waals surface area contributed by atoms with Crippen molar-refractivity contribution in [3.8, 4) is 0 Å². The Hall–Kier alpha value is -2.59. The molecule has 0 aliphatic heterocycles. The first-order chi connectivity index (χ1) is 12.4. The van der Waals surface area contributed by atoms with Crippen molar-refractivity contribution in [3.05, 3.63) is 63.8 Å². The highest BCUT2D eigenvalue weighted by Gasteiger charge is 2.19. The quantitative estimate of drug-likeness (QED) is 0.597. The number of anilines is 2. The maximum absolute atomic E-state index is 12.5. The van der Waals surface area contributed by atoms with Crippen molar-refractivity contribution >= 4 is 39.8 Å². The summed E-state index contributed by atoms with van der Waals surface area (Å²) < 4.78 is 5.21. The predicted molar refractivity (Wildman–Crippen MR) is 107 cm³/mol. The zero-order valence-corrected chi connectivity index (χ0v) is 16.1. The third kappa shape index (κ3) is 3.37. The number of aromatic nitrogens is 1. The summed E-state index contributed by atoms with van der Waals surface area (Å²) in [5, 5.41) is 4.89. The summed E-state index contributed by atoms with van der Waals surface area (Å²) in [5.41, 5.74) is 5.93. The van der Waals surface area contributed by atoms with E-state index in [2.05, 4.69) is 16.4 Å². The largest absolute Gasteiger partial charge is 0.462 e. The van der Waals surface area contributed by atoms with Crippen LogP contribution in [0.1, 0.15) is 34.0 Å². The zero-order chi connectivity index (χ0) is 18.8. The first-order valence-corrected chi connectivity index (χ1v) is 8.89. The lowest BCUT2D eigenvalue weighted by Gasteiger charge is -2.17. The molecule has 1 N–H and O–H groups in total. The number of rotatable bonds is 4. The SMILES string of the molecule is CCOC(=O)c1cnc2c(C)c(Cl)ccc2c1Nc1ccc(C)cc1C. The van der Waals surface area contributed by atoms with E-state index in [-0.39, 0.29) is 0 Å². The van der Waals surface area contributed by atoms with E-state index in [1.54, 1.807) is 13.1 Å². The lowest BCUT2D eigenvalue weighted by molar-refractivity contribution is 0.0527. The number of hydrogen-bond donors (Lipinski definition) is 1. The number of nitrogens with one attached hydrogen (secondary N) is 1. The van der Waals surface area contributed by atoms with Gasteiger partial charge >= 0.3 is 5.97 Å². The molecule has 0 aliphatic carbocycles. The Morgan fingerprint density at radius 1 is 1.19 bits per heavy atom. The van der Waals surface area contributed by atoms with Crippen molar-refractivity contribution in [2.24, 2.45) is 0 Å². The normalized spacial score (nSPS) is 10.8. The maximum Gasteiger partial charge on any atom is 0.341 e. The summed E-state index contributed by atoms with van der Waals surface area (Å²) in [4.78, 5) is 16.9. The lowest BCUT2D eigenvalue weighted by Crippen LogP contribution is -2.10. The minimum absolute atomic E-state index is 0.305. The number of ether oxygens (including phenoxy) is 1. The third-order valence-corrected chi connectivity index (χ3v) is 4.77. The van der Waals surface area contributed by atoms with Gasteiger partial charge in [-0.2, -0.15) is 0 Å². The molecule has 0 saturated carbocycles. The molecule has 134 valence electrons. The monoisotopic (exact) mass is 368 g/mol. The lowest BCUT2D eigenvalue weighted by atomic mass is 10.0. The Morgan fingerprint density at radius 2 is 1.96 bits per heavy atom. The van der Waals surface area contributed by atoms with E-state index in [0.29, 0.717) is 22.9 Å². The molecular weight excluding hydrogens is 348 g/mol. The van der Waals surface area contributed by atoms with Gasteiger partial charge in [0.1, 0.15) is 5.56 Å². The Morgan fingerprint density at radius 3 is 2.65 bits per heavy atom. The molecule has 0 aliphatic rings. The van der Waals surface area contributed by atoms with Crippen LogP contribution in [0, 0.1) is 20.8 Å². The molecule has 0 amide bonds. The molecule has 3 aromatic rings. The Balaban J connectivity index is 2.22. The summed E-state index contributed by atoms with van der Waals surface area (Å²) in [5.74, 6) is -0.401. The van der Waals surface area contributed by atoms with E-state index in [1.807, 2.05) is 45.0 Å². The molecule has 0 unspecified atom stereocenters. The van der Waals surface area contributed by atoms with Crippen LogP contribution in [0.15, 0.2) is 36.5 Å². The van der Waals surface area contributed by atoms with E-state index >= 15 is 0 Å². The number of halogens is 1. The topological polar surface area (TPSA) is 51.2 Å². The fourth-order valence-corrected chi connectivity index (χ4v) is 3.12. The van der Waals surface area contributed by atoms with Crippen LogP contribution in [0.4, 0.5) is 11.4 Å². The van der Waals surface area contributed by atoms with E-state index in [4.69, 9.17) is 16.3 Å². The highest BCUT2D eigenvalue weighted by atomic mass is 35.5. The van der Waals surface area contributed by atoms with Gasteiger partial charge in [-0.1, -0.05) is 29.3 Å². The number of fused-ring (bicyclic) bond motifs is 1. The third-order valence-electron chi connectivity index (χ3n) is 4.36. The number of carbonyl (C=O) groups excluding carboxylic acids is 1. The van der Waals surface area contributed by atoms with E-state index in [9.17, 15) is 4.79 Å². The molecule has 0 bridgehead atoms. The molecule has 0 radical (unpaired) electrons. The number of esters is 1. The fourth-order valence-electron chi connectivity index (χ4n) is 2.97. The van der Waals surface area contributed by atoms with Crippen LogP contribution in [0.25, 0.3) is 10.9 Å². The fraction of sp³-hybridized carbons (Fsp3) is 0.238. The molecule has 0 atom stereocenters. The molecular formula is C21H21ClN2O2. The first kappa shape index (κ1) is 18.2. The Labute approximate surface area is 158 Å². The Kier molecular flexibility index (Phi) is 5.14. The number of carbonyl (C=O) groups is 1. The van der Waals surface area contributed by atoms with Gasteiger partial charge in [-0.15, -0.1) is 0 Å². The second-order valence-electron chi connectivity index (χ2n) is 6.28. The number of pyridine rings is 1. The van der Waals surface area contributed by atoms with Gasteiger partial charge in [0.05, 0.1) is 17.8 Å². The zero-order valence-electron chi connectivity index (χ0n) is 15.3. The van der Waals surface area contributed by atoms with Gasteiger partial charge in [-0.25, -0.2) is 4.79 Å². The van der Waals surface area contributed by atoms with Gasteiger partial charge < -0.3 is 10.1 Å². The van der Waals surface area contributed by atoms with Crippen molar-refractivity contribution < 1.29 is 9.53 Å². The molecule has 3 rings (SSSR count). The first-order valence-electron chi connectivity index (χ1n) is 8.51. The van der Waals surface area contributed by atoms with Crippen molar-refractivity contribution in [1.29, 1.82) is 0 Å². The average molecular weight is 369 g/mol. The highest BCUT2D eigenvalue weighted by molar-refractivity contribution is 6.32. The molecule has 4 nitrogen and oxygen atoms in total. The van der Waals surface area contributed by atoms with Gasteiger partial charge in [0.2, 0.25) is 0 Å². The van der Waals surface area contributed by atoms with Crippen LogP contribution < -0.4 is 5.32 Å². The molecule has 0 saturated heterocycles. The average Bonchev–Trinajstić information content (AvgIpc) is 2.60. The maximum atomic E-state index is 12.5. The van der Waals surface area contributed by atoms with Crippen LogP contribution in [-0.4, -0.2) is 17.6 Å². The van der Waals surface area contributed by atoms with Crippen LogP contribution in [-0.2, 0) is 4.74 Å². The molecule has 5 heteroatoms. The van der Waals surface area contributed by atoms with Crippen molar-refractivity contribution in [2.45, 2.75) is 27.7 Å². The Bertz CT molecular complexity index is 999. The van der Waals surface area contributed by atoms with Gasteiger partial charge in [-0.3, -0.25) is 4.98 Å². The number of aryl methyl sites for hydroxylation is 3.